The molecule has 3 rings (SSSR count). The third-order valence-electron chi connectivity index (χ3n) is 4.36. The molecule has 0 atom stereocenters. The maximum absolute atomic E-state index is 12.2. The van der Waals surface area contributed by atoms with Crippen molar-refractivity contribution in [3.8, 4) is 0 Å². The standard InChI is InChI=1S/C17H22N4O/c1-12-15(8-5-9-18-12)17(22)19-16-11-14(20-21-16)10-13-6-3-2-4-7-13/h5,8-9,11,13H,2-4,6-7,10H2,1H3,(H2,19,20,21,22). The molecule has 1 aliphatic rings. The zero-order valence-corrected chi connectivity index (χ0v) is 12.9. The zero-order chi connectivity index (χ0) is 15.4. The zero-order valence-electron chi connectivity index (χ0n) is 12.9. The van der Waals surface area contributed by atoms with Gasteiger partial charge in [0.1, 0.15) is 0 Å². The lowest BCUT2D eigenvalue weighted by molar-refractivity contribution is 0.102. The second-order valence-corrected chi connectivity index (χ2v) is 6.08. The summed E-state index contributed by atoms with van der Waals surface area (Å²) in [6.07, 6.45) is 9.35. The average molecular weight is 298 g/mol. The molecular weight excluding hydrogens is 276 g/mol. The van der Waals surface area contributed by atoms with Crippen LogP contribution in [-0.2, 0) is 6.42 Å². The van der Waals surface area contributed by atoms with Crippen molar-refractivity contribution in [3.63, 3.8) is 0 Å². The van der Waals surface area contributed by atoms with Crippen molar-refractivity contribution >= 4 is 11.7 Å². The Bertz CT molecular complexity index is 644. The van der Waals surface area contributed by atoms with Crippen LogP contribution in [0.2, 0.25) is 0 Å². The highest BCUT2D eigenvalue weighted by atomic mass is 16.1. The van der Waals surface area contributed by atoms with Gasteiger partial charge in [-0.15, -0.1) is 0 Å². The molecule has 1 amide bonds. The fourth-order valence-electron chi connectivity index (χ4n) is 3.14. The molecule has 1 saturated carbocycles. The van der Waals surface area contributed by atoms with Crippen LogP contribution < -0.4 is 5.32 Å². The molecule has 1 aliphatic carbocycles. The Morgan fingerprint density at radius 2 is 2.18 bits per heavy atom. The molecule has 0 aliphatic heterocycles. The maximum atomic E-state index is 12.2. The van der Waals surface area contributed by atoms with Gasteiger partial charge in [0.25, 0.3) is 5.91 Å². The van der Waals surface area contributed by atoms with Gasteiger partial charge in [-0.3, -0.25) is 14.9 Å². The van der Waals surface area contributed by atoms with Crippen molar-refractivity contribution < 1.29 is 4.79 Å². The van der Waals surface area contributed by atoms with Crippen molar-refractivity contribution in [2.45, 2.75) is 45.4 Å². The van der Waals surface area contributed by atoms with E-state index in [4.69, 9.17) is 0 Å². The molecule has 0 spiro atoms. The molecule has 1 fully saturated rings. The monoisotopic (exact) mass is 298 g/mol. The van der Waals surface area contributed by atoms with Crippen molar-refractivity contribution in [1.29, 1.82) is 0 Å². The van der Waals surface area contributed by atoms with E-state index >= 15 is 0 Å². The summed E-state index contributed by atoms with van der Waals surface area (Å²) < 4.78 is 0. The number of H-pyrrole nitrogens is 1. The molecule has 2 N–H and O–H groups in total. The van der Waals surface area contributed by atoms with E-state index in [0.717, 1.165) is 23.7 Å². The summed E-state index contributed by atoms with van der Waals surface area (Å²) in [5.74, 6) is 1.17. The van der Waals surface area contributed by atoms with Gasteiger partial charge in [0.15, 0.2) is 5.82 Å². The molecule has 2 aromatic rings. The summed E-state index contributed by atoms with van der Waals surface area (Å²) in [6, 6.07) is 5.48. The van der Waals surface area contributed by atoms with Gasteiger partial charge < -0.3 is 5.32 Å². The van der Waals surface area contributed by atoms with Gasteiger partial charge in [-0.25, -0.2) is 0 Å². The van der Waals surface area contributed by atoms with Gasteiger partial charge in [0, 0.05) is 23.7 Å². The Kier molecular flexibility index (Phi) is 4.51. The molecule has 5 nitrogen and oxygen atoms in total. The van der Waals surface area contributed by atoms with E-state index < -0.39 is 0 Å². The lowest BCUT2D eigenvalue weighted by Crippen LogP contribution is -2.14. The van der Waals surface area contributed by atoms with E-state index in [1.807, 2.05) is 13.0 Å². The topological polar surface area (TPSA) is 70.7 Å². The van der Waals surface area contributed by atoms with E-state index in [9.17, 15) is 4.79 Å². The van der Waals surface area contributed by atoms with Gasteiger partial charge >= 0.3 is 0 Å². The summed E-state index contributed by atoms with van der Waals surface area (Å²) in [5, 5.41) is 10.1. The summed E-state index contributed by atoms with van der Waals surface area (Å²) in [7, 11) is 0. The summed E-state index contributed by atoms with van der Waals surface area (Å²) in [6.45, 7) is 1.83. The highest BCUT2D eigenvalue weighted by molar-refractivity contribution is 6.04. The van der Waals surface area contributed by atoms with Crippen LogP contribution in [0.4, 0.5) is 5.82 Å². The summed E-state index contributed by atoms with van der Waals surface area (Å²) in [5.41, 5.74) is 2.41. The summed E-state index contributed by atoms with van der Waals surface area (Å²) in [4.78, 5) is 16.4. The van der Waals surface area contributed by atoms with Crippen LogP contribution in [0.3, 0.4) is 0 Å². The van der Waals surface area contributed by atoms with Crippen LogP contribution >= 0.6 is 0 Å². The number of aryl methyl sites for hydroxylation is 1. The first kappa shape index (κ1) is 14.8. The smallest absolute Gasteiger partial charge is 0.258 e. The van der Waals surface area contributed by atoms with E-state index in [0.29, 0.717) is 11.4 Å². The Morgan fingerprint density at radius 1 is 1.36 bits per heavy atom. The van der Waals surface area contributed by atoms with Crippen LogP contribution in [0.15, 0.2) is 24.4 Å². The molecule has 0 aromatic carbocycles. The molecule has 22 heavy (non-hydrogen) atoms. The van der Waals surface area contributed by atoms with Crippen molar-refractivity contribution in [2.75, 3.05) is 5.32 Å². The predicted molar refractivity (Wildman–Crippen MR) is 85.8 cm³/mol. The fraction of sp³-hybridized carbons (Fsp3) is 0.471. The molecule has 116 valence electrons. The second kappa shape index (κ2) is 6.73. The third kappa shape index (κ3) is 3.53. The number of nitrogens with zero attached hydrogens (tertiary/aromatic N) is 2. The minimum Gasteiger partial charge on any atom is -0.305 e. The number of pyridine rings is 1. The number of carbonyl (C=O) groups excluding carboxylic acids is 1. The van der Waals surface area contributed by atoms with Crippen LogP contribution in [-0.4, -0.2) is 21.1 Å². The van der Waals surface area contributed by atoms with Crippen molar-refractivity contribution in [1.82, 2.24) is 15.2 Å². The molecule has 0 bridgehead atoms. The van der Waals surface area contributed by atoms with Gasteiger partial charge in [0.2, 0.25) is 0 Å². The van der Waals surface area contributed by atoms with Crippen LogP contribution in [0.5, 0.6) is 0 Å². The largest absolute Gasteiger partial charge is 0.305 e. The van der Waals surface area contributed by atoms with Gasteiger partial charge in [0.05, 0.1) is 5.56 Å². The highest BCUT2D eigenvalue weighted by Gasteiger charge is 2.16. The molecule has 0 saturated heterocycles. The second-order valence-electron chi connectivity index (χ2n) is 6.08. The summed E-state index contributed by atoms with van der Waals surface area (Å²) >= 11 is 0. The SMILES string of the molecule is Cc1ncccc1C(=O)Nc1cc(CC2CCCCC2)[nH]n1. The molecular formula is C17H22N4O. The van der Waals surface area contributed by atoms with Crippen LogP contribution in [0, 0.1) is 12.8 Å². The van der Waals surface area contributed by atoms with E-state index in [1.54, 1.807) is 18.3 Å². The third-order valence-corrected chi connectivity index (χ3v) is 4.36. The van der Waals surface area contributed by atoms with Gasteiger partial charge in [-0.1, -0.05) is 32.1 Å². The van der Waals surface area contributed by atoms with E-state index in [1.165, 1.54) is 32.1 Å². The molecule has 2 aromatic heterocycles. The lowest BCUT2D eigenvalue weighted by Gasteiger charge is -2.20. The first-order valence-electron chi connectivity index (χ1n) is 7.99. The number of anilines is 1. The minimum atomic E-state index is -0.165. The number of aromatic nitrogens is 3. The number of carbonyl (C=O) groups is 1. The highest BCUT2D eigenvalue weighted by Crippen LogP contribution is 2.26. The predicted octanol–water partition coefficient (Wildman–Crippen LogP) is 3.49. The quantitative estimate of drug-likeness (QED) is 0.907. The molecule has 5 heteroatoms. The number of nitrogens with one attached hydrogen (secondary N) is 2. The Morgan fingerprint density at radius 3 is 2.95 bits per heavy atom. The van der Waals surface area contributed by atoms with Crippen LogP contribution in [0.25, 0.3) is 0 Å². The lowest BCUT2D eigenvalue weighted by atomic mass is 9.86. The van der Waals surface area contributed by atoms with Crippen molar-refractivity contribution in [2.24, 2.45) is 5.92 Å². The first-order valence-corrected chi connectivity index (χ1v) is 7.99. The Labute approximate surface area is 130 Å². The first-order chi connectivity index (χ1) is 10.7. The molecule has 2 heterocycles. The average Bonchev–Trinajstić information content (AvgIpc) is 2.95. The molecule has 0 unspecified atom stereocenters. The van der Waals surface area contributed by atoms with E-state index in [2.05, 4.69) is 20.5 Å². The number of hydrogen-bond acceptors (Lipinski definition) is 3. The minimum absolute atomic E-state index is 0.165. The van der Waals surface area contributed by atoms with Crippen molar-refractivity contribution in [3.05, 3.63) is 41.3 Å². The molecule has 0 radical (unpaired) electrons. The Balaban J connectivity index is 1.61. The number of hydrogen-bond donors (Lipinski definition) is 2. The number of rotatable bonds is 4. The maximum Gasteiger partial charge on any atom is 0.258 e. The normalized spacial score (nSPS) is 15.7. The number of amides is 1. The van der Waals surface area contributed by atoms with Gasteiger partial charge in [-0.2, -0.15) is 5.10 Å². The number of aromatic amines is 1. The fourth-order valence-corrected chi connectivity index (χ4v) is 3.14. The van der Waals surface area contributed by atoms with E-state index in [-0.39, 0.29) is 5.91 Å². The van der Waals surface area contributed by atoms with Crippen LogP contribution in [0.1, 0.15) is 53.8 Å². The van der Waals surface area contributed by atoms with Gasteiger partial charge in [-0.05, 0) is 31.4 Å². The Hall–Kier alpha value is -2.17.